The highest BCUT2D eigenvalue weighted by Crippen LogP contribution is 2.53. The lowest BCUT2D eigenvalue weighted by Crippen LogP contribution is -2.53. The van der Waals surface area contributed by atoms with E-state index in [1.165, 1.54) is 6.92 Å². The third-order valence-corrected chi connectivity index (χ3v) is 5.40. The molecule has 0 aromatic carbocycles. The van der Waals surface area contributed by atoms with Gasteiger partial charge in [0, 0.05) is 31.3 Å². The second-order valence-corrected chi connectivity index (χ2v) is 7.00. The number of carbonyl (C=O) groups is 2. The molecule has 5 nitrogen and oxygen atoms in total. The second kappa shape index (κ2) is 6.50. The molecular formula is C17H26O5. The van der Waals surface area contributed by atoms with Crippen LogP contribution in [0.1, 0.15) is 40.0 Å². The molecule has 1 unspecified atom stereocenters. The number of esters is 1. The van der Waals surface area contributed by atoms with Crippen molar-refractivity contribution in [3.05, 3.63) is 11.6 Å². The summed E-state index contributed by atoms with van der Waals surface area (Å²) < 4.78 is 5.23. The monoisotopic (exact) mass is 310 g/mol. The normalized spacial score (nSPS) is 36.3. The van der Waals surface area contributed by atoms with Crippen molar-refractivity contribution in [2.24, 2.45) is 23.2 Å². The van der Waals surface area contributed by atoms with Crippen molar-refractivity contribution in [1.29, 1.82) is 0 Å². The minimum atomic E-state index is -0.629. The van der Waals surface area contributed by atoms with E-state index in [0.717, 1.165) is 12.0 Å². The Bertz CT molecular complexity index is 483. The molecule has 0 radical (unpaired) electrons. The third-order valence-electron chi connectivity index (χ3n) is 5.40. The van der Waals surface area contributed by atoms with Crippen molar-refractivity contribution in [2.45, 2.75) is 46.1 Å². The van der Waals surface area contributed by atoms with Crippen LogP contribution in [0, 0.1) is 23.2 Å². The summed E-state index contributed by atoms with van der Waals surface area (Å²) in [4.78, 5) is 23.2. The molecule has 2 N–H and O–H groups in total. The molecule has 2 aliphatic rings. The summed E-state index contributed by atoms with van der Waals surface area (Å²) in [6, 6.07) is 0. The van der Waals surface area contributed by atoms with Crippen LogP contribution in [-0.2, 0) is 14.3 Å². The summed E-state index contributed by atoms with van der Waals surface area (Å²) >= 11 is 0. The number of rotatable bonds is 4. The number of allylic oxidation sites excluding steroid dienone is 1. The summed E-state index contributed by atoms with van der Waals surface area (Å²) in [5.41, 5.74) is 0.345. The van der Waals surface area contributed by atoms with E-state index in [9.17, 15) is 19.8 Å². The summed E-state index contributed by atoms with van der Waals surface area (Å²) in [6.07, 6.45) is 2.72. The van der Waals surface area contributed by atoms with Gasteiger partial charge in [0.1, 0.15) is 0 Å². The zero-order valence-electron chi connectivity index (χ0n) is 13.5. The number of ketones is 1. The van der Waals surface area contributed by atoms with E-state index in [0.29, 0.717) is 12.8 Å². The molecule has 124 valence electrons. The molecule has 0 aromatic rings. The van der Waals surface area contributed by atoms with Gasteiger partial charge in [-0.3, -0.25) is 9.59 Å². The van der Waals surface area contributed by atoms with E-state index in [2.05, 4.69) is 0 Å². The topological polar surface area (TPSA) is 83.8 Å². The van der Waals surface area contributed by atoms with Gasteiger partial charge in [-0.25, -0.2) is 0 Å². The number of aliphatic hydroxyl groups excluding tert-OH is 2. The maximum atomic E-state index is 12.0. The first kappa shape index (κ1) is 17.2. The lowest BCUT2D eigenvalue weighted by Gasteiger charge is -2.52. The van der Waals surface area contributed by atoms with E-state index in [1.54, 1.807) is 6.08 Å². The maximum Gasteiger partial charge on any atom is 0.302 e. The standard InChI is InChI=1S/C17H26O5/c1-10-6-13(20)7-17(9-22-12(3)19)5-4-14(11(2)8-18)16(21)15(10)17/h6,11,14-16,18,21H,4-5,7-9H2,1-3H3/t11?,14-,15-,16+,17-/m0/s1. The first-order chi connectivity index (χ1) is 10.3. The van der Waals surface area contributed by atoms with Gasteiger partial charge in [-0.2, -0.15) is 0 Å². The minimum Gasteiger partial charge on any atom is -0.465 e. The molecule has 2 rings (SSSR count). The van der Waals surface area contributed by atoms with Gasteiger partial charge in [0.15, 0.2) is 5.78 Å². The predicted octanol–water partition coefficient (Wildman–Crippen LogP) is 1.47. The number of hydrogen-bond acceptors (Lipinski definition) is 5. The highest BCUT2D eigenvalue weighted by molar-refractivity contribution is 5.92. The van der Waals surface area contributed by atoms with Gasteiger partial charge in [-0.15, -0.1) is 0 Å². The minimum absolute atomic E-state index is 0.00277. The van der Waals surface area contributed by atoms with E-state index >= 15 is 0 Å². The van der Waals surface area contributed by atoms with Crippen LogP contribution in [0.2, 0.25) is 0 Å². The van der Waals surface area contributed by atoms with Crippen LogP contribution < -0.4 is 0 Å². The predicted molar refractivity (Wildman–Crippen MR) is 80.9 cm³/mol. The Morgan fingerprint density at radius 1 is 1.55 bits per heavy atom. The Morgan fingerprint density at radius 3 is 2.82 bits per heavy atom. The third kappa shape index (κ3) is 3.10. The number of carbonyl (C=O) groups excluding carboxylic acids is 2. The lowest BCUT2D eigenvalue weighted by molar-refractivity contribution is -0.155. The van der Waals surface area contributed by atoms with Crippen LogP contribution in [0.5, 0.6) is 0 Å². The van der Waals surface area contributed by atoms with E-state index in [-0.39, 0.29) is 42.7 Å². The molecule has 2 aliphatic carbocycles. The number of hydrogen-bond donors (Lipinski definition) is 2. The first-order valence-electron chi connectivity index (χ1n) is 7.94. The molecular weight excluding hydrogens is 284 g/mol. The molecule has 1 saturated carbocycles. The Hall–Kier alpha value is -1.20. The smallest absolute Gasteiger partial charge is 0.302 e. The van der Waals surface area contributed by atoms with Gasteiger partial charge in [0.25, 0.3) is 0 Å². The second-order valence-electron chi connectivity index (χ2n) is 7.00. The van der Waals surface area contributed by atoms with Crippen molar-refractivity contribution in [1.82, 2.24) is 0 Å². The van der Waals surface area contributed by atoms with Gasteiger partial charge in [0.2, 0.25) is 0 Å². The molecule has 22 heavy (non-hydrogen) atoms. The molecule has 0 aromatic heterocycles. The molecule has 5 atom stereocenters. The molecule has 0 aliphatic heterocycles. The quantitative estimate of drug-likeness (QED) is 0.768. The van der Waals surface area contributed by atoms with E-state index in [1.807, 2.05) is 13.8 Å². The summed E-state index contributed by atoms with van der Waals surface area (Å²) in [5, 5.41) is 20.2. The van der Waals surface area contributed by atoms with Crippen LogP contribution in [0.4, 0.5) is 0 Å². The molecule has 0 amide bonds. The Balaban J connectivity index is 2.32. The highest BCUT2D eigenvalue weighted by atomic mass is 16.5. The van der Waals surface area contributed by atoms with Gasteiger partial charge < -0.3 is 14.9 Å². The van der Waals surface area contributed by atoms with Crippen LogP contribution in [0.3, 0.4) is 0 Å². The molecule has 0 heterocycles. The lowest BCUT2D eigenvalue weighted by atomic mass is 9.54. The fourth-order valence-electron chi connectivity index (χ4n) is 4.30. The fourth-order valence-corrected chi connectivity index (χ4v) is 4.30. The van der Waals surface area contributed by atoms with Crippen molar-refractivity contribution in [2.75, 3.05) is 13.2 Å². The first-order valence-corrected chi connectivity index (χ1v) is 7.94. The summed E-state index contributed by atoms with van der Waals surface area (Å²) in [7, 11) is 0. The van der Waals surface area contributed by atoms with Gasteiger partial charge >= 0.3 is 5.97 Å². The molecule has 1 fully saturated rings. The summed E-state index contributed by atoms with van der Waals surface area (Å²) in [5.74, 6) is -0.531. The zero-order valence-corrected chi connectivity index (χ0v) is 13.5. The average molecular weight is 310 g/mol. The van der Waals surface area contributed by atoms with Gasteiger partial charge in [-0.1, -0.05) is 12.5 Å². The Morgan fingerprint density at radius 2 is 2.23 bits per heavy atom. The number of fused-ring (bicyclic) bond motifs is 1. The summed E-state index contributed by atoms with van der Waals surface area (Å²) in [6.45, 7) is 5.35. The van der Waals surface area contributed by atoms with Crippen molar-refractivity contribution in [3.8, 4) is 0 Å². The van der Waals surface area contributed by atoms with Crippen LogP contribution in [-0.4, -0.2) is 41.3 Å². The maximum absolute atomic E-state index is 12.0. The van der Waals surface area contributed by atoms with Gasteiger partial charge in [0.05, 0.1) is 12.7 Å². The van der Waals surface area contributed by atoms with E-state index < -0.39 is 11.5 Å². The Kier molecular flexibility index (Phi) is 5.07. The molecule has 5 heteroatoms. The van der Waals surface area contributed by atoms with Gasteiger partial charge in [-0.05, 0) is 37.7 Å². The molecule has 0 saturated heterocycles. The van der Waals surface area contributed by atoms with Crippen LogP contribution in [0.15, 0.2) is 11.6 Å². The molecule has 0 bridgehead atoms. The average Bonchev–Trinajstić information content (AvgIpc) is 2.44. The van der Waals surface area contributed by atoms with Crippen molar-refractivity contribution < 1.29 is 24.5 Å². The van der Waals surface area contributed by atoms with Crippen LogP contribution >= 0.6 is 0 Å². The highest BCUT2D eigenvalue weighted by Gasteiger charge is 2.53. The number of ether oxygens (including phenoxy) is 1. The SMILES string of the molecule is CC(=O)OC[C@@]12CC[C@@H](C(C)CO)[C@@H](O)[C@@H]1C(C)=CC(=O)C2. The Labute approximate surface area is 131 Å². The largest absolute Gasteiger partial charge is 0.465 e. The van der Waals surface area contributed by atoms with E-state index in [4.69, 9.17) is 4.74 Å². The van der Waals surface area contributed by atoms with Crippen LogP contribution in [0.25, 0.3) is 0 Å². The van der Waals surface area contributed by atoms with Crippen molar-refractivity contribution >= 4 is 11.8 Å². The number of aliphatic hydroxyl groups is 2. The van der Waals surface area contributed by atoms with Crippen molar-refractivity contribution in [3.63, 3.8) is 0 Å². The zero-order chi connectivity index (χ0) is 16.5. The molecule has 0 spiro atoms. The fraction of sp³-hybridized carbons (Fsp3) is 0.765.